The van der Waals surface area contributed by atoms with Crippen molar-refractivity contribution < 1.29 is 9.84 Å². The third-order valence-electron chi connectivity index (χ3n) is 3.90. The molecule has 1 aliphatic heterocycles. The fraction of sp³-hybridized carbons (Fsp3) is 0.600. The van der Waals surface area contributed by atoms with E-state index < -0.39 is 0 Å². The second-order valence-corrected chi connectivity index (χ2v) is 5.53. The van der Waals surface area contributed by atoms with Crippen molar-refractivity contribution in [1.82, 2.24) is 4.90 Å². The van der Waals surface area contributed by atoms with Gasteiger partial charge in [0.1, 0.15) is 0 Å². The van der Waals surface area contributed by atoms with Crippen molar-refractivity contribution in [2.45, 2.75) is 26.8 Å². The lowest BCUT2D eigenvalue weighted by atomic mass is 9.95. The largest absolute Gasteiger partial charge is 0.504 e. The summed E-state index contributed by atoms with van der Waals surface area (Å²) in [5.41, 5.74) is 1.20. The molecule has 0 aromatic heterocycles. The van der Waals surface area contributed by atoms with Gasteiger partial charge in [-0.15, -0.1) is 0 Å². The Morgan fingerprint density at radius 1 is 1.44 bits per heavy atom. The Bertz CT molecular complexity index is 403. The first-order valence-electron chi connectivity index (χ1n) is 6.68. The molecule has 1 atom stereocenters. The first kappa shape index (κ1) is 13.2. The van der Waals surface area contributed by atoms with Crippen LogP contribution in [0.1, 0.15) is 25.8 Å². The molecule has 1 N–H and O–H groups in total. The number of phenolic OH excluding ortho intramolecular Hbond substituents is 1. The summed E-state index contributed by atoms with van der Waals surface area (Å²) in [6.07, 6.45) is 1.30. The van der Waals surface area contributed by atoms with E-state index in [2.05, 4.69) is 18.7 Å². The Kier molecular flexibility index (Phi) is 4.12. The van der Waals surface area contributed by atoms with Crippen LogP contribution in [0.25, 0.3) is 0 Å². The SMILES string of the molecule is COc1cc(CN2CCC(C(C)C)C2)ccc1O. The van der Waals surface area contributed by atoms with Crippen LogP contribution in [0.2, 0.25) is 0 Å². The van der Waals surface area contributed by atoms with Gasteiger partial charge in [-0.2, -0.15) is 0 Å². The molecule has 1 aromatic rings. The lowest BCUT2D eigenvalue weighted by Gasteiger charge is -2.18. The Morgan fingerprint density at radius 3 is 2.83 bits per heavy atom. The minimum atomic E-state index is 0.211. The highest BCUT2D eigenvalue weighted by atomic mass is 16.5. The quantitative estimate of drug-likeness (QED) is 0.890. The Labute approximate surface area is 109 Å². The minimum absolute atomic E-state index is 0.211. The van der Waals surface area contributed by atoms with Gasteiger partial charge in [-0.1, -0.05) is 19.9 Å². The van der Waals surface area contributed by atoms with E-state index in [1.807, 2.05) is 12.1 Å². The normalized spacial score (nSPS) is 20.6. The highest BCUT2D eigenvalue weighted by Gasteiger charge is 2.24. The van der Waals surface area contributed by atoms with E-state index in [0.29, 0.717) is 5.75 Å². The van der Waals surface area contributed by atoms with Crippen molar-refractivity contribution in [2.24, 2.45) is 11.8 Å². The molecule has 1 heterocycles. The summed E-state index contributed by atoms with van der Waals surface area (Å²) in [5, 5.41) is 9.57. The van der Waals surface area contributed by atoms with Gasteiger partial charge in [0.25, 0.3) is 0 Å². The fourth-order valence-corrected chi connectivity index (χ4v) is 2.63. The van der Waals surface area contributed by atoms with Gasteiger partial charge in [-0.25, -0.2) is 0 Å². The van der Waals surface area contributed by atoms with E-state index in [-0.39, 0.29) is 5.75 Å². The number of phenols is 1. The lowest BCUT2D eigenvalue weighted by molar-refractivity contribution is 0.296. The van der Waals surface area contributed by atoms with E-state index in [1.54, 1.807) is 13.2 Å². The molecular formula is C15H23NO2. The lowest BCUT2D eigenvalue weighted by Crippen LogP contribution is -2.21. The van der Waals surface area contributed by atoms with E-state index >= 15 is 0 Å². The minimum Gasteiger partial charge on any atom is -0.504 e. The monoisotopic (exact) mass is 249 g/mol. The van der Waals surface area contributed by atoms with Crippen molar-refractivity contribution in [3.05, 3.63) is 23.8 Å². The van der Waals surface area contributed by atoms with Gasteiger partial charge in [0.15, 0.2) is 11.5 Å². The van der Waals surface area contributed by atoms with Crippen LogP contribution in [0.4, 0.5) is 0 Å². The van der Waals surface area contributed by atoms with Gasteiger partial charge in [0, 0.05) is 13.1 Å². The third-order valence-corrected chi connectivity index (χ3v) is 3.90. The molecule has 3 nitrogen and oxygen atoms in total. The predicted octanol–water partition coefficient (Wildman–Crippen LogP) is 2.88. The van der Waals surface area contributed by atoms with Crippen LogP contribution >= 0.6 is 0 Å². The second-order valence-electron chi connectivity index (χ2n) is 5.53. The number of likely N-dealkylation sites (tertiary alicyclic amines) is 1. The van der Waals surface area contributed by atoms with Crippen molar-refractivity contribution in [1.29, 1.82) is 0 Å². The molecule has 3 heteroatoms. The average molecular weight is 249 g/mol. The Hall–Kier alpha value is -1.22. The maximum atomic E-state index is 9.57. The van der Waals surface area contributed by atoms with Crippen molar-refractivity contribution in [3.63, 3.8) is 0 Å². The summed E-state index contributed by atoms with van der Waals surface area (Å²) >= 11 is 0. The zero-order valence-electron chi connectivity index (χ0n) is 11.5. The number of methoxy groups -OCH3 is 1. The Balaban J connectivity index is 1.98. The van der Waals surface area contributed by atoms with Crippen molar-refractivity contribution in [2.75, 3.05) is 20.2 Å². The summed E-state index contributed by atoms with van der Waals surface area (Å²) in [6.45, 7) is 7.91. The van der Waals surface area contributed by atoms with Gasteiger partial charge in [0.05, 0.1) is 7.11 Å². The zero-order chi connectivity index (χ0) is 13.1. The van der Waals surface area contributed by atoms with Crippen LogP contribution in [0.3, 0.4) is 0 Å². The molecule has 2 rings (SSSR count). The Morgan fingerprint density at radius 2 is 2.22 bits per heavy atom. The van der Waals surface area contributed by atoms with Gasteiger partial charge < -0.3 is 9.84 Å². The predicted molar refractivity (Wildman–Crippen MR) is 72.9 cm³/mol. The van der Waals surface area contributed by atoms with Crippen LogP contribution in [-0.2, 0) is 6.54 Å². The number of hydrogen-bond donors (Lipinski definition) is 1. The topological polar surface area (TPSA) is 32.7 Å². The smallest absolute Gasteiger partial charge is 0.160 e. The third kappa shape index (κ3) is 2.96. The summed E-state index contributed by atoms with van der Waals surface area (Å²) in [7, 11) is 1.59. The van der Waals surface area contributed by atoms with Gasteiger partial charge >= 0.3 is 0 Å². The second kappa shape index (κ2) is 5.61. The molecule has 1 aromatic carbocycles. The summed E-state index contributed by atoms with van der Waals surface area (Å²) in [6, 6.07) is 5.61. The summed E-state index contributed by atoms with van der Waals surface area (Å²) < 4.78 is 5.14. The first-order valence-corrected chi connectivity index (χ1v) is 6.68. The number of ether oxygens (including phenoxy) is 1. The maximum Gasteiger partial charge on any atom is 0.160 e. The van der Waals surface area contributed by atoms with Gasteiger partial charge in [0.2, 0.25) is 0 Å². The van der Waals surface area contributed by atoms with Crippen molar-refractivity contribution in [3.8, 4) is 11.5 Å². The molecule has 1 unspecified atom stereocenters. The van der Waals surface area contributed by atoms with E-state index in [1.165, 1.54) is 25.1 Å². The number of benzene rings is 1. The molecular weight excluding hydrogens is 226 g/mol. The standard InChI is InChI=1S/C15H23NO2/c1-11(2)13-6-7-16(10-13)9-12-4-5-14(17)15(8-12)18-3/h4-5,8,11,13,17H,6-7,9-10H2,1-3H3. The fourth-order valence-electron chi connectivity index (χ4n) is 2.63. The molecule has 1 fully saturated rings. The molecule has 0 radical (unpaired) electrons. The summed E-state index contributed by atoms with van der Waals surface area (Å²) in [5.74, 6) is 2.36. The number of rotatable bonds is 4. The molecule has 0 spiro atoms. The molecule has 0 aliphatic carbocycles. The molecule has 1 saturated heterocycles. The highest BCUT2D eigenvalue weighted by Crippen LogP contribution is 2.29. The van der Waals surface area contributed by atoms with E-state index in [0.717, 1.165) is 18.4 Å². The van der Waals surface area contributed by atoms with Crippen LogP contribution < -0.4 is 4.74 Å². The van der Waals surface area contributed by atoms with Crippen molar-refractivity contribution >= 4 is 0 Å². The molecule has 0 saturated carbocycles. The van der Waals surface area contributed by atoms with Gasteiger partial charge in [-0.05, 0) is 42.5 Å². The molecule has 0 amide bonds. The molecule has 0 bridgehead atoms. The highest BCUT2D eigenvalue weighted by molar-refractivity contribution is 5.41. The number of nitrogens with zero attached hydrogens (tertiary/aromatic N) is 1. The number of aromatic hydroxyl groups is 1. The number of hydrogen-bond acceptors (Lipinski definition) is 3. The zero-order valence-corrected chi connectivity index (χ0v) is 11.5. The van der Waals surface area contributed by atoms with Crippen LogP contribution in [0, 0.1) is 11.8 Å². The molecule has 18 heavy (non-hydrogen) atoms. The average Bonchev–Trinajstić information content (AvgIpc) is 2.80. The van der Waals surface area contributed by atoms with Crippen LogP contribution in [-0.4, -0.2) is 30.2 Å². The van der Waals surface area contributed by atoms with Gasteiger partial charge in [-0.3, -0.25) is 4.90 Å². The first-order chi connectivity index (χ1) is 8.60. The maximum absolute atomic E-state index is 9.57. The van der Waals surface area contributed by atoms with E-state index in [4.69, 9.17) is 4.74 Å². The van der Waals surface area contributed by atoms with Crippen LogP contribution in [0.5, 0.6) is 11.5 Å². The molecule has 1 aliphatic rings. The summed E-state index contributed by atoms with van der Waals surface area (Å²) in [4.78, 5) is 2.48. The van der Waals surface area contributed by atoms with E-state index in [9.17, 15) is 5.11 Å². The van der Waals surface area contributed by atoms with Crippen LogP contribution in [0.15, 0.2) is 18.2 Å². The molecule has 100 valence electrons.